The van der Waals surface area contributed by atoms with Gasteiger partial charge in [-0.2, -0.15) is 0 Å². The number of fused-ring (bicyclic) bond motifs is 1. The topological polar surface area (TPSA) is 32.8 Å². The van der Waals surface area contributed by atoms with Gasteiger partial charge in [0, 0.05) is 19.6 Å². The van der Waals surface area contributed by atoms with Gasteiger partial charge in [-0.05, 0) is 31.2 Å². The molecule has 2 saturated heterocycles. The first-order valence-corrected chi connectivity index (χ1v) is 6.54. The molecule has 102 valence electrons. The number of ether oxygens (including phenoxy) is 1. The standard InChI is InChI=1S/C14H17FN2O2/c1-16-8-12-13(9-16)19-14(18)17(12)7-6-10-2-4-11(15)5-3-10/h2-5,12-13H,6-9H2,1H3/t12-,13+/m0/s1. The average molecular weight is 264 g/mol. The highest BCUT2D eigenvalue weighted by Gasteiger charge is 2.46. The third kappa shape index (κ3) is 2.42. The summed E-state index contributed by atoms with van der Waals surface area (Å²) < 4.78 is 18.2. The van der Waals surface area contributed by atoms with Crippen LogP contribution in [-0.2, 0) is 11.2 Å². The van der Waals surface area contributed by atoms with Crippen molar-refractivity contribution < 1.29 is 13.9 Å². The molecule has 1 aromatic rings. The Morgan fingerprint density at radius 3 is 2.79 bits per heavy atom. The van der Waals surface area contributed by atoms with Crippen LogP contribution >= 0.6 is 0 Å². The average Bonchev–Trinajstić information content (AvgIpc) is 2.85. The Morgan fingerprint density at radius 2 is 2.05 bits per heavy atom. The second-order valence-electron chi connectivity index (χ2n) is 5.28. The van der Waals surface area contributed by atoms with Crippen LogP contribution in [-0.4, -0.2) is 54.7 Å². The van der Waals surface area contributed by atoms with Crippen molar-refractivity contribution >= 4 is 6.09 Å². The lowest BCUT2D eigenvalue weighted by Gasteiger charge is -2.20. The second-order valence-corrected chi connectivity index (χ2v) is 5.28. The van der Waals surface area contributed by atoms with Gasteiger partial charge in [-0.25, -0.2) is 9.18 Å². The first-order valence-electron chi connectivity index (χ1n) is 6.54. The van der Waals surface area contributed by atoms with Crippen molar-refractivity contribution in [3.05, 3.63) is 35.6 Å². The van der Waals surface area contributed by atoms with Crippen LogP contribution in [0.1, 0.15) is 5.56 Å². The zero-order valence-electron chi connectivity index (χ0n) is 10.9. The fraction of sp³-hybridized carbons (Fsp3) is 0.500. The van der Waals surface area contributed by atoms with E-state index in [1.54, 1.807) is 17.0 Å². The molecule has 19 heavy (non-hydrogen) atoms. The van der Waals surface area contributed by atoms with Crippen LogP contribution in [0.2, 0.25) is 0 Å². The molecule has 0 unspecified atom stereocenters. The molecule has 2 heterocycles. The van der Waals surface area contributed by atoms with Crippen molar-refractivity contribution in [2.45, 2.75) is 18.6 Å². The van der Waals surface area contributed by atoms with Gasteiger partial charge in [-0.1, -0.05) is 12.1 Å². The first kappa shape index (κ1) is 12.4. The van der Waals surface area contributed by atoms with Crippen molar-refractivity contribution in [3.8, 4) is 0 Å². The minimum Gasteiger partial charge on any atom is -0.442 e. The maximum Gasteiger partial charge on any atom is 0.410 e. The number of likely N-dealkylation sites (tertiary alicyclic amines) is 1. The summed E-state index contributed by atoms with van der Waals surface area (Å²) in [5, 5.41) is 0. The Balaban J connectivity index is 1.63. The van der Waals surface area contributed by atoms with Gasteiger partial charge in [0.2, 0.25) is 0 Å². The van der Waals surface area contributed by atoms with Crippen molar-refractivity contribution in [1.82, 2.24) is 9.80 Å². The van der Waals surface area contributed by atoms with E-state index in [-0.39, 0.29) is 24.1 Å². The molecule has 2 aliphatic rings. The third-order valence-corrected chi connectivity index (χ3v) is 3.86. The number of carbonyl (C=O) groups excluding carboxylic acids is 1. The number of halogens is 1. The lowest BCUT2D eigenvalue weighted by atomic mass is 10.1. The minimum atomic E-state index is -0.234. The molecule has 0 aromatic heterocycles. The van der Waals surface area contributed by atoms with Crippen molar-refractivity contribution in [1.29, 1.82) is 0 Å². The highest BCUT2D eigenvalue weighted by atomic mass is 19.1. The molecule has 5 heteroatoms. The van der Waals surface area contributed by atoms with Gasteiger partial charge in [0.05, 0.1) is 6.04 Å². The highest BCUT2D eigenvalue weighted by molar-refractivity contribution is 5.71. The molecule has 2 atom stereocenters. The van der Waals surface area contributed by atoms with E-state index >= 15 is 0 Å². The Kier molecular flexibility index (Phi) is 3.14. The summed E-state index contributed by atoms with van der Waals surface area (Å²) in [6.45, 7) is 2.29. The molecule has 1 aromatic carbocycles. The Labute approximate surface area is 111 Å². The molecule has 0 aliphatic carbocycles. The zero-order valence-corrected chi connectivity index (χ0v) is 10.9. The Morgan fingerprint density at radius 1 is 1.32 bits per heavy atom. The van der Waals surface area contributed by atoms with Crippen molar-refractivity contribution in [3.63, 3.8) is 0 Å². The van der Waals surface area contributed by atoms with E-state index in [4.69, 9.17) is 4.74 Å². The van der Waals surface area contributed by atoms with E-state index < -0.39 is 0 Å². The van der Waals surface area contributed by atoms with Crippen LogP contribution in [0.25, 0.3) is 0 Å². The van der Waals surface area contributed by atoms with Crippen molar-refractivity contribution in [2.24, 2.45) is 0 Å². The summed E-state index contributed by atoms with van der Waals surface area (Å²) >= 11 is 0. The molecular formula is C14H17FN2O2. The number of amides is 1. The molecule has 0 radical (unpaired) electrons. The van der Waals surface area contributed by atoms with Gasteiger partial charge >= 0.3 is 6.09 Å². The molecular weight excluding hydrogens is 247 g/mol. The SMILES string of the molecule is CN1C[C@H]2OC(=O)N(CCc3ccc(F)cc3)[C@H]2C1. The summed E-state index contributed by atoms with van der Waals surface area (Å²) in [5.74, 6) is -0.234. The Hall–Kier alpha value is -1.62. The highest BCUT2D eigenvalue weighted by Crippen LogP contribution is 2.26. The van der Waals surface area contributed by atoms with Crippen LogP contribution in [0, 0.1) is 5.82 Å². The van der Waals surface area contributed by atoms with Gasteiger partial charge in [0.1, 0.15) is 11.9 Å². The molecule has 4 nitrogen and oxygen atoms in total. The number of rotatable bonds is 3. The van der Waals surface area contributed by atoms with E-state index in [9.17, 15) is 9.18 Å². The van der Waals surface area contributed by atoms with E-state index in [1.165, 1.54) is 12.1 Å². The van der Waals surface area contributed by atoms with Gasteiger partial charge in [-0.3, -0.25) is 4.90 Å². The zero-order chi connectivity index (χ0) is 13.4. The minimum absolute atomic E-state index is 0.00529. The van der Waals surface area contributed by atoms with Gasteiger partial charge in [0.25, 0.3) is 0 Å². The van der Waals surface area contributed by atoms with Gasteiger partial charge < -0.3 is 9.64 Å². The summed E-state index contributed by atoms with van der Waals surface area (Å²) in [6, 6.07) is 6.58. The van der Waals surface area contributed by atoms with E-state index in [0.717, 1.165) is 25.1 Å². The fourth-order valence-corrected chi connectivity index (χ4v) is 2.85. The monoisotopic (exact) mass is 264 g/mol. The van der Waals surface area contributed by atoms with E-state index in [2.05, 4.69) is 4.90 Å². The molecule has 0 N–H and O–H groups in total. The van der Waals surface area contributed by atoms with Crippen molar-refractivity contribution in [2.75, 3.05) is 26.7 Å². The van der Waals surface area contributed by atoms with Crippen LogP contribution in [0.3, 0.4) is 0 Å². The lowest BCUT2D eigenvalue weighted by molar-refractivity contribution is 0.125. The summed E-state index contributed by atoms with van der Waals surface area (Å²) in [6.07, 6.45) is 0.512. The normalized spacial score (nSPS) is 26.6. The summed E-state index contributed by atoms with van der Waals surface area (Å²) in [4.78, 5) is 15.8. The van der Waals surface area contributed by atoms with E-state index in [0.29, 0.717) is 6.54 Å². The number of nitrogens with zero attached hydrogens (tertiary/aromatic N) is 2. The smallest absolute Gasteiger partial charge is 0.410 e. The number of benzene rings is 1. The van der Waals surface area contributed by atoms with Gasteiger partial charge in [0.15, 0.2) is 0 Å². The quantitative estimate of drug-likeness (QED) is 0.829. The summed E-state index contributed by atoms with van der Waals surface area (Å²) in [5.41, 5.74) is 1.03. The number of carbonyl (C=O) groups is 1. The molecule has 0 spiro atoms. The molecule has 2 fully saturated rings. The van der Waals surface area contributed by atoms with Crippen LogP contribution < -0.4 is 0 Å². The molecule has 2 aliphatic heterocycles. The third-order valence-electron chi connectivity index (χ3n) is 3.86. The molecule has 3 rings (SSSR count). The molecule has 1 amide bonds. The Bertz CT molecular complexity index is 477. The first-order chi connectivity index (χ1) is 9.13. The van der Waals surface area contributed by atoms with Crippen LogP contribution in [0.4, 0.5) is 9.18 Å². The number of likely N-dealkylation sites (N-methyl/N-ethyl adjacent to an activating group) is 1. The van der Waals surface area contributed by atoms with E-state index in [1.807, 2.05) is 7.05 Å². The maximum absolute atomic E-state index is 12.8. The van der Waals surface area contributed by atoms with Gasteiger partial charge in [-0.15, -0.1) is 0 Å². The number of hydrogen-bond acceptors (Lipinski definition) is 3. The predicted molar refractivity (Wildman–Crippen MR) is 68.4 cm³/mol. The van der Waals surface area contributed by atoms with Crippen LogP contribution in [0.15, 0.2) is 24.3 Å². The molecule has 0 saturated carbocycles. The molecule has 0 bridgehead atoms. The maximum atomic E-state index is 12.8. The fourth-order valence-electron chi connectivity index (χ4n) is 2.85. The van der Waals surface area contributed by atoms with Crippen LogP contribution in [0.5, 0.6) is 0 Å². The predicted octanol–water partition coefficient (Wildman–Crippen LogP) is 1.50. The lowest BCUT2D eigenvalue weighted by Crippen LogP contribution is -2.38. The largest absolute Gasteiger partial charge is 0.442 e. The number of hydrogen-bond donors (Lipinski definition) is 0. The second kappa shape index (κ2) is 4.81. The summed E-state index contributed by atoms with van der Waals surface area (Å²) in [7, 11) is 2.03.